The number of β-amino-alcohol motifs (C(OH)–C–C–N with tert-alkyl or cyclic N) is 1. The molecule has 0 saturated carbocycles. The molecule has 0 aliphatic carbocycles. The highest BCUT2D eigenvalue weighted by molar-refractivity contribution is 5.80. The first-order valence-electron chi connectivity index (χ1n) is 8.49. The number of aliphatic hydroxyl groups excluding tert-OH is 1. The predicted molar refractivity (Wildman–Crippen MR) is 92.7 cm³/mol. The second-order valence-electron chi connectivity index (χ2n) is 6.32. The van der Waals surface area contributed by atoms with E-state index >= 15 is 0 Å². The first-order chi connectivity index (χ1) is 11.7. The molecule has 1 aliphatic heterocycles. The summed E-state index contributed by atoms with van der Waals surface area (Å²) < 4.78 is 5.80. The Morgan fingerprint density at radius 2 is 1.96 bits per heavy atom. The summed E-state index contributed by atoms with van der Waals surface area (Å²) in [6, 6.07) is 9.67. The average molecular weight is 331 g/mol. The molecule has 2 heterocycles. The zero-order valence-electron chi connectivity index (χ0n) is 14.1. The van der Waals surface area contributed by atoms with Crippen LogP contribution < -0.4 is 5.32 Å². The third-order valence-electron chi connectivity index (χ3n) is 4.50. The monoisotopic (exact) mass is 331 g/mol. The fourth-order valence-electron chi connectivity index (χ4n) is 3.09. The van der Waals surface area contributed by atoms with Crippen LogP contribution in [0, 0.1) is 0 Å². The summed E-state index contributed by atoms with van der Waals surface area (Å²) in [4.78, 5) is 16.6. The van der Waals surface area contributed by atoms with Gasteiger partial charge in [0.25, 0.3) is 0 Å². The van der Waals surface area contributed by atoms with E-state index in [4.69, 9.17) is 9.52 Å². The number of nitrogens with zero attached hydrogens (tertiary/aromatic N) is 2. The van der Waals surface area contributed by atoms with Crippen LogP contribution in [0.2, 0.25) is 0 Å². The topological polar surface area (TPSA) is 69.0 Å². The average Bonchev–Trinajstić information content (AvgIpc) is 3.01. The highest BCUT2D eigenvalue weighted by Crippen LogP contribution is 2.23. The van der Waals surface area contributed by atoms with E-state index in [9.17, 15) is 4.79 Å². The van der Waals surface area contributed by atoms with Gasteiger partial charge in [-0.3, -0.25) is 14.6 Å². The Labute approximate surface area is 142 Å². The van der Waals surface area contributed by atoms with Gasteiger partial charge >= 0.3 is 0 Å². The third-order valence-corrected chi connectivity index (χ3v) is 4.50. The molecular formula is C18H25N3O3. The Kier molecular flexibility index (Phi) is 5.50. The number of benzene rings is 1. The van der Waals surface area contributed by atoms with Crippen LogP contribution in [-0.4, -0.2) is 66.7 Å². The molecule has 2 aromatic rings. The molecule has 1 fully saturated rings. The SMILES string of the molecule is CC(NC(=O)CN1CCN(CCO)CC1)c1cc2ccccc2o1. The van der Waals surface area contributed by atoms with E-state index in [0.29, 0.717) is 13.1 Å². The Bertz CT molecular complexity index is 644. The molecule has 24 heavy (non-hydrogen) atoms. The second-order valence-corrected chi connectivity index (χ2v) is 6.32. The van der Waals surface area contributed by atoms with E-state index in [1.165, 1.54) is 0 Å². The van der Waals surface area contributed by atoms with Crippen molar-refractivity contribution in [1.82, 2.24) is 15.1 Å². The molecule has 6 heteroatoms. The number of furan rings is 1. The van der Waals surface area contributed by atoms with Gasteiger partial charge in [-0.25, -0.2) is 0 Å². The molecule has 1 aromatic heterocycles. The van der Waals surface area contributed by atoms with Gasteiger partial charge in [-0.15, -0.1) is 0 Å². The fourth-order valence-corrected chi connectivity index (χ4v) is 3.09. The molecule has 1 atom stereocenters. The molecule has 3 rings (SSSR count). The van der Waals surface area contributed by atoms with Crippen LogP contribution >= 0.6 is 0 Å². The summed E-state index contributed by atoms with van der Waals surface area (Å²) in [5.41, 5.74) is 0.841. The van der Waals surface area contributed by atoms with E-state index in [1.807, 2.05) is 37.3 Å². The number of amides is 1. The van der Waals surface area contributed by atoms with Crippen molar-refractivity contribution in [3.05, 3.63) is 36.1 Å². The van der Waals surface area contributed by atoms with Crippen molar-refractivity contribution in [3.63, 3.8) is 0 Å². The third kappa shape index (κ3) is 4.14. The van der Waals surface area contributed by atoms with Crippen LogP contribution in [0.15, 0.2) is 34.7 Å². The van der Waals surface area contributed by atoms with Crippen molar-refractivity contribution < 1.29 is 14.3 Å². The molecule has 0 bridgehead atoms. The lowest BCUT2D eigenvalue weighted by Gasteiger charge is -2.33. The van der Waals surface area contributed by atoms with Crippen LogP contribution in [0.1, 0.15) is 18.7 Å². The van der Waals surface area contributed by atoms with Crippen molar-refractivity contribution in [2.24, 2.45) is 0 Å². The summed E-state index contributed by atoms with van der Waals surface area (Å²) in [5, 5.41) is 13.0. The van der Waals surface area contributed by atoms with Crippen molar-refractivity contribution >= 4 is 16.9 Å². The zero-order chi connectivity index (χ0) is 16.9. The van der Waals surface area contributed by atoms with Gasteiger partial charge in [-0.2, -0.15) is 0 Å². The molecule has 6 nitrogen and oxygen atoms in total. The van der Waals surface area contributed by atoms with Crippen molar-refractivity contribution in [3.8, 4) is 0 Å². The van der Waals surface area contributed by atoms with Crippen molar-refractivity contribution in [2.45, 2.75) is 13.0 Å². The van der Waals surface area contributed by atoms with Gasteiger partial charge < -0.3 is 14.8 Å². The van der Waals surface area contributed by atoms with Gasteiger partial charge in [0.1, 0.15) is 11.3 Å². The molecular weight excluding hydrogens is 306 g/mol. The van der Waals surface area contributed by atoms with Gasteiger partial charge in [0.15, 0.2) is 0 Å². The lowest BCUT2D eigenvalue weighted by Crippen LogP contribution is -2.50. The number of hydrogen-bond acceptors (Lipinski definition) is 5. The normalized spacial score (nSPS) is 17.9. The van der Waals surface area contributed by atoms with Gasteiger partial charge in [-0.1, -0.05) is 18.2 Å². The van der Waals surface area contributed by atoms with Crippen LogP contribution in [0.4, 0.5) is 0 Å². The Morgan fingerprint density at radius 1 is 1.25 bits per heavy atom. The van der Waals surface area contributed by atoms with E-state index in [2.05, 4.69) is 15.1 Å². The van der Waals surface area contributed by atoms with Crippen LogP contribution in [-0.2, 0) is 4.79 Å². The first-order valence-corrected chi connectivity index (χ1v) is 8.49. The summed E-state index contributed by atoms with van der Waals surface area (Å²) in [5.74, 6) is 0.788. The highest BCUT2D eigenvalue weighted by Gasteiger charge is 2.20. The first kappa shape index (κ1) is 17.0. The van der Waals surface area contributed by atoms with Crippen molar-refractivity contribution in [1.29, 1.82) is 0 Å². The molecule has 1 aromatic carbocycles. The van der Waals surface area contributed by atoms with Crippen LogP contribution in [0.25, 0.3) is 11.0 Å². The van der Waals surface area contributed by atoms with Crippen LogP contribution in [0.5, 0.6) is 0 Å². The molecule has 1 amide bonds. The quantitative estimate of drug-likeness (QED) is 0.833. The lowest BCUT2D eigenvalue weighted by molar-refractivity contribution is -0.123. The number of carbonyl (C=O) groups is 1. The van der Waals surface area contributed by atoms with E-state index < -0.39 is 0 Å². The molecule has 1 aliphatic rings. The maximum Gasteiger partial charge on any atom is 0.234 e. The molecule has 2 N–H and O–H groups in total. The minimum absolute atomic E-state index is 0.0126. The zero-order valence-corrected chi connectivity index (χ0v) is 14.1. The lowest BCUT2D eigenvalue weighted by atomic mass is 10.2. The maximum absolute atomic E-state index is 12.3. The second kappa shape index (κ2) is 7.79. The minimum Gasteiger partial charge on any atom is -0.459 e. The summed E-state index contributed by atoms with van der Waals surface area (Å²) in [6.07, 6.45) is 0. The number of fused-ring (bicyclic) bond motifs is 1. The maximum atomic E-state index is 12.3. The Morgan fingerprint density at radius 3 is 2.67 bits per heavy atom. The number of nitrogens with one attached hydrogen (secondary N) is 1. The fraction of sp³-hybridized carbons (Fsp3) is 0.500. The number of hydrogen-bond donors (Lipinski definition) is 2. The highest BCUT2D eigenvalue weighted by atomic mass is 16.3. The van der Waals surface area contributed by atoms with E-state index in [0.717, 1.165) is 42.9 Å². The van der Waals surface area contributed by atoms with Crippen molar-refractivity contribution in [2.75, 3.05) is 45.9 Å². The molecule has 130 valence electrons. The predicted octanol–water partition coefficient (Wildman–Crippen LogP) is 1.22. The van der Waals surface area contributed by atoms with E-state index in [-0.39, 0.29) is 18.6 Å². The number of carbonyl (C=O) groups excluding carboxylic acids is 1. The Hall–Kier alpha value is -1.89. The summed E-state index contributed by atoms with van der Waals surface area (Å²) in [6.45, 7) is 6.74. The minimum atomic E-state index is -0.152. The van der Waals surface area contributed by atoms with E-state index in [1.54, 1.807) is 0 Å². The molecule has 0 spiro atoms. The Balaban J connectivity index is 1.49. The van der Waals surface area contributed by atoms with Crippen LogP contribution in [0.3, 0.4) is 0 Å². The van der Waals surface area contributed by atoms with Gasteiger partial charge in [0.2, 0.25) is 5.91 Å². The largest absolute Gasteiger partial charge is 0.459 e. The standard InChI is InChI=1S/C18H25N3O3/c1-14(17-12-15-4-2-3-5-16(15)24-17)19-18(23)13-21-8-6-20(7-9-21)10-11-22/h2-5,12,14,22H,6-11,13H2,1H3,(H,19,23). The number of piperazine rings is 1. The summed E-state index contributed by atoms with van der Waals surface area (Å²) in [7, 11) is 0. The smallest absolute Gasteiger partial charge is 0.234 e. The molecule has 1 unspecified atom stereocenters. The molecule has 0 radical (unpaired) electrons. The van der Waals surface area contributed by atoms with Gasteiger partial charge in [0.05, 0.1) is 19.2 Å². The number of aliphatic hydroxyl groups is 1. The van der Waals surface area contributed by atoms with Gasteiger partial charge in [-0.05, 0) is 19.1 Å². The number of para-hydroxylation sites is 1. The van der Waals surface area contributed by atoms with Gasteiger partial charge in [0, 0.05) is 38.1 Å². The number of rotatable bonds is 6. The summed E-state index contributed by atoms with van der Waals surface area (Å²) >= 11 is 0. The molecule has 1 saturated heterocycles.